The van der Waals surface area contributed by atoms with Crippen molar-refractivity contribution < 1.29 is 14.3 Å². The third-order valence-electron chi connectivity index (χ3n) is 3.94. The number of hydrogen-bond donors (Lipinski definition) is 1. The molecule has 0 radical (unpaired) electrons. The maximum Gasteiger partial charge on any atom is 0.335 e. The van der Waals surface area contributed by atoms with Gasteiger partial charge in [0, 0.05) is 10.6 Å². The zero-order valence-corrected chi connectivity index (χ0v) is 14.6. The van der Waals surface area contributed by atoms with Crippen LogP contribution in [0, 0.1) is 18.3 Å². The molecule has 0 amide bonds. The number of benzene rings is 2. The highest BCUT2D eigenvalue weighted by Gasteiger charge is 2.11. The molecule has 3 rings (SSSR count). The summed E-state index contributed by atoms with van der Waals surface area (Å²) in [6.45, 7) is 1.88. The summed E-state index contributed by atoms with van der Waals surface area (Å²) in [5, 5.41) is 19.2. The third-order valence-corrected chi connectivity index (χ3v) is 4.19. The molecule has 1 aromatic heterocycles. The molecule has 0 aliphatic rings. The lowest BCUT2D eigenvalue weighted by molar-refractivity contribution is 0.0697. The summed E-state index contributed by atoms with van der Waals surface area (Å²) in [7, 11) is 0. The van der Waals surface area contributed by atoms with Crippen LogP contribution in [0.25, 0.3) is 23.0 Å². The van der Waals surface area contributed by atoms with E-state index in [0.29, 0.717) is 27.7 Å². The van der Waals surface area contributed by atoms with Crippen molar-refractivity contribution in [2.75, 3.05) is 0 Å². The number of furan rings is 1. The first-order valence-corrected chi connectivity index (χ1v) is 8.17. The Hall–Kier alpha value is -3.29. The van der Waals surface area contributed by atoms with Crippen molar-refractivity contribution in [3.63, 3.8) is 0 Å². The third kappa shape index (κ3) is 3.69. The average Bonchev–Trinajstić information content (AvgIpc) is 3.09. The molecule has 128 valence electrons. The van der Waals surface area contributed by atoms with Crippen molar-refractivity contribution in [3.05, 3.63) is 82.1 Å². The van der Waals surface area contributed by atoms with Gasteiger partial charge in [0.15, 0.2) is 0 Å². The molecule has 0 atom stereocenters. The Bertz CT molecular complexity index is 1040. The number of carbonyl (C=O) groups is 1. The van der Waals surface area contributed by atoms with Crippen LogP contribution in [0.2, 0.25) is 5.02 Å². The smallest absolute Gasteiger partial charge is 0.335 e. The van der Waals surface area contributed by atoms with Crippen molar-refractivity contribution in [2.45, 2.75) is 6.92 Å². The van der Waals surface area contributed by atoms with E-state index in [1.54, 1.807) is 60.7 Å². The van der Waals surface area contributed by atoms with Gasteiger partial charge in [0.25, 0.3) is 0 Å². The predicted octanol–water partition coefficient (Wildman–Crippen LogP) is 5.67. The van der Waals surface area contributed by atoms with Crippen LogP contribution in [0.4, 0.5) is 0 Å². The van der Waals surface area contributed by atoms with Crippen molar-refractivity contribution in [1.29, 1.82) is 5.26 Å². The summed E-state index contributed by atoms with van der Waals surface area (Å²) in [4.78, 5) is 11.2. The summed E-state index contributed by atoms with van der Waals surface area (Å²) in [6, 6.07) is 17.5. The number of nitrogens with zero attached hydrogens (tertiary/aromatic N) is 1. The molecule has 1 heterocycles. The fourth-order valence-electron chi connectivity index (χ4n) is 2.55. The Morgan fingerprint density at radius 3 is 2.46 bits per heavy atom. The molecule has 0 saturated heterocycles. The zero-order valence-electron chi connectivity index (χ0n) is 13.9. The van der Waals surface area contributed by atoms with Gasteiger partial charge >= 0.3 is 5.97 Å². The van der Waals surface area contributed by atoms with Gasteiger partial charge in [-0.25, -0.2) is 4.79 Å². The van der Waals surface area contributed by atoms with Crippen molar-refractivity contribution in [3.8, 4) is 17.4 Å². The van der Waals surface area contributed by atoms with Crippen LogP contribution in [0.3, 0.4) is 0 Å². The Balaban J connectivity index is 1.97. The standard InChI is InChI=1S/C21H14ClNO3/c1-13-2-3-15(21(24)25)11-19(13)20-9-8-18(26-20)10-16(12-23)14-4-6-17(22)7-5-14/h2-11H,1H3,(H,24,25)/b16-10+. The second kappa shape index (κ2) is 7.30. The molecule has 0 spiro atoms. The van der Waals surface area contributed by atoms with E-state index in [-0.39, 0.29) is 5.56 Å². The SMILES string of the molecule is Cc1ccc(C(=O)O)cc1-c1ccc(/C=C(\C#N)c2ccc(Cl)cc2)o1. The molecule has 5 heteroatoms. The Kier molecular flexibility index (Phi) is 4.92. The van der Waals surface area contributed by atoms with E-state index in [9.17, 15) is 10.1 Å². The second-order valence-electron chi connectivity index (χ2n) is 5.71. The zero-order chi connectivity index (χ0) is 18.7. The molecule has 0 unspecified atom stereocenters. The summed E-state index contributed by atoms with van der Waals surface area (Å²) in [5.74, 6) is 0.0595. The largest absolute Gasteiger partial charge is 0.478 e. The van der Waals surface area contributed by atoms with Crippen LogP contribution in [-0.2, 0) is 0 Å². The van der Waals surface area contributed by atoms with Gasteiger partial charge in [0.1, 0.15) is 11.5 Å². The molecular formula is C21H14ClNO3. The minimum absolute atomic E-state index is 0.193. The molecule has 0 fully saturated rings. The monoisotopic (exact) mass is 363 g/mol. The number of hydrogen-bond acceptors (Lipinski definition) is 3. The van der Waals surface area contributed by atoms with Gasteiger partial charge in [-0.15, -0.1) is 0 Å². The molecular weight excluding hydrogens is 350 g/mol. The fourth-order valence-corrected chi connectivity index (χ4v) is 2.67. The second-order valence-corrected chi connectivity index (χ2v) is 6.15. The van der Waals surface area contributed by atoms with Crippen LogP contribution < -0.4 is 0 Å². The van der Waals surface area contributed by atoms with E-state index < -0.39 is 5.97 Å². The summed E-state index contributed by atoms with van der Waals surface area (Å²) in [5.41, 5.74) is 2.98. The quantitative estimate of drug-likeness (QED) is 0.606. The number of nitriles is 1. The number of halogens is 1. The van der Waals surface area contributed by atoms with Gasteiger partial charge in [-0.2, -0.15) is 5.26 Å². The highest BCUT2D eigenvalue weighted by molar-refractivity contribution is 6.30. The van der Waals surface area contributed by atoms with Gasteiger partial charge in [-0.05, 0) is 60.5 Å². The highest BCUT2D eigenvalue weighted by atomic mass is 35.5. The lowest BCUT2D eigenvalue weighted by Crippen LogP contribution is -1.96. The van der Waals surface area contributed by atoms with E-state index in [1.807, 2.05) is 6.92 Å². The maximum atomic E-state index is 11.2. The van der Waals surface area contributed by atoms with Crippen LogP contribution in [0.15, 0.2) is 59.0 Å². The minimum Gasteiger partial charge on any atom is -0.478 e. The predicted molar refractivity (Wildman–Crippen MR) is 101 cm³/mol. The van der Waals surface area contributed by atoms with Crippen LogP contribution in [0.1, 0.15) is 27.2 Å². The normalized spacial score (nSPS) is 11.2. The summed E-state index contributed by atoms with van der Waals surface area (Å²) < 4.78 is 5.82. The van der Waals surface area contributed by atoms with E-state index in [4.69, 9.17) is 21.1 Å². The topological polar surface area (TPSA) is 74.2 Å². The number of aryl methyl sites for hydroxylation is 1. The van der Waals surface area contributed by atoms with Gasteiger partial charge < -0.3 is 9.52 Å². The molecule has 0 aliphatic carbocycles. The minimum atomic E-state index is -0.993. The number of allylic oxidation sites excluding steroid dienone is 1. The summed E-state index contributed by atoms with van der Waals surface area (Å²) in [6.07, 6.45) is 1.64. The van der Waals surface area contributed by atoms with Crippen molar-refractivity contribution in [2.24, 2.45) is 0 Å². The number of carboxylic acid groups (broad SMARTS) is 1. The van der Waals surface area contributed by atoms with E-state index in [0.717, 1.165) is 11.1 Å². The molecule has 0 aliphatic heterocycles. The first-order valence-electron chi connectivity index (χ1n) is 7.80. The van der Waals surface area contributed by atoms with Gasteiger partial charge in [0.2, 0.25) is 0 Å². The molecule has 4 nitrogen and oxygen atoms in total. The van der Waals surface area contributed by atoms with E-state index in [1.165, 1.54) is 0 Å². The van der Waals surface area contributed by atoms with Gasteiger partial charge in [0.05, 0.1) is 17.2 Å². The van der Waals surface area contributed by atoms with Crippen LogP contribution >= 0.6 is 11.6 Å². The molecule has 0 saturated carbocycles. The van der Waals surface area contributed by atoms with E-state index in [2.05, 4.69) is 6.07 Å². The van der Waals surface area contributed by atoms with Crippen molar-refractivity contribution in [1.82, 2.24) is 0 Å². The Morgan fingerprint density at radius 1 is 1.12 bits per heavy atom. The first-order chi connectivity index (χ1) is 12.5. The molecule has 2 aromatic carbocycles. The number of aromatic carboxylic acids is 1. The highest BCUT2D eigenvalue weighted by Crippen LogP contribution is 2.28. The number of carboxylic acids is 1. The van der Waals surface area contributed by atoms with E-state index >= 15 is 0 Å². The lowest BCUT2D eigenvalue weighted by Gasteiger charge is -2.04. The van der Waals surface area contributed by atoms with Crippen LogP contribution in [0.5, 0.6) is 0 Å². The summed E-state index contributed by atoms with van der Waals surface area (Å²) >= 11 is 5.88. The number of rotatable bonds is 4. The average molecular weight is 364 g/mol. The molecule has 1 N–H and O–H groups in total. The Morgan fingerprint density at radius 2 is 1.81 bits per heavy atom. The fraction of sp³-hybridized carbons (Fsp3) is 0.0476. The maximum absolute atomic E-state index is 11.2. The molecule has 0 bridgehead atoms. The molecule has 26 heavy (non-hydrogen) atoms. The molecule has 3 aromatic rings. The first kappa shape index (κ1) is 17.5. The van der Waals surface area contributed by atoms with Gasteiger partial charge in [-0.1, -0.05) is 29.8 Å². The van der Waals surface area contributed by atoms with Crippen molar-refractivity contribution >= 4 is 29.2 Å². The lowest BCUT2D eigenvalue weighted by atomic mass is 10.0. The Labute approximate surface area is 155 Å². The van der Waals surface area contributed by atoms with Gasteiger partial charge in [-0.3, -0.25) is 0 Å². The van der Waals surface area contributed by atoms with Crippen LogP contribution in [-0.4, -0.2) is 11.1 Å².